The molecule has 1 aromatic carbocycles. The molecule has 126 valence electrons. The second-order valence-corrected chi connectivity index (χ2v) is 9.90. The van der Waals surface area contributed by atoms with E-state index in [-0.39, 0.29) is 0 Å². The van der Waals surface area contributed by atoms with Crippen LogP contribution in [0, 0.1) is 30.6 Å². The van der Waals surface area contributed by atoms with Gasteiger partial charge in [0, 0.05) is 13.1 Å². The van der Waals surface area contributed by atoms with E-state index in [1.165, 1.54) is 30.4 Å². The number of rotatable bonds is 2. The molecule has 0 spiro atoms. The van der Waals surface area contributed by atoms with Gasteiger partial charge in [0.15, 0.2) is 0 Å². The van der Waals surface area contributed by atoms with E-state index in [2.05, 4.69) is 12.2 Å². The number of aryl methyl sites for hydroxylation is 1. The van der Waals surface area contributed by atoms with Gasteiger partial charge in [0.25, 0.3) is 0 Å². The zero-order chi connectivity index (χ0) is 16.5. The van der Waals surface area contributed by atoms with Crippen LogP contribution in [0.1, 0.15) is 24.8 Å². The molecule has 4 unspecified atom stereocenters. The molecular weight excluding hydrogens is 318 g/mol. The normalized spacial score (nSPS) is 34.7. The summed E-state index contributed by atoms with van der Waals surface area (Å²) >= 11 is 0. The van der Waals surface area contributed by atoms with E-state index in [0.29, 0.717) is 29.8 Å². The number of sulfonamides is 1. The second kappa shape index (κ2) is 5.06. The molecule has 1 aliphatic heterocycles. The van der Waals surface area contributed by atoms with Crippen molar-refractivity contribution in [1.29, 1.82) is 0 Å². The van der Waals surface area contributed by atoms with Crippen LogP contribution in [-0.2, 0) is 10.0 Å². The van der Waals surface area contributed by atoms with Gasteiger partial charge in [-0.15, -0.1) is 0 Å². The van der Waals surface area contributed by atoms with Gasteiger partial charge in [-0.05, 0) is 73.1 Å². The predicted octanol–water partition coefficient (Wildman–Crippen LogP) is 3.53. The minimum Gasteiger partial charge on any atom is -0.207 e. The second-order valence-electron chi connectivity index (χ2n) is 7.96. The molecule has 5 rings (SSSR count). The molecule has 3 aliphatic carbocycles. The molecule has 2 bridgehead atoms. The number of fused-ring (bicyclic) bond motifs is 6. The number of benzene rings is 1. The lowest BCUT2D eigenvalue weighted by atomic mass is 9.74. The van der Waals surface area contributed by atoms with Crippen molar-refractivity contribution >= 4 is 10.0 Å². The van der Waals surface area contributed by atoms with Crippen molar-refractivity contribution in [2.45, 2.75) is 31.1 Å². The molecule has 1 saturated heterocycles. The standard InChI is InChI=1S/C20H23NO2S/c1-13-2-6-18(7-3-13)24(22,23)21-11-16-9-19-14-4-5-15(8-14)20(19)10-17(16)12-21/h2-3,6-7,9-10,14-15,19-20H,4-5,8,11-12H2,1H3. The van der Waals surface area contributed by atoms with Gasteiger partial charge in [-0.3, -0.25) is 0 Å². The van der Waals surface area contributed by atoms with Crippen molar-refractivity contribution in [3.8, 4) is 0 Å². The summed E-state index contributed by atoms with van der Waals surface area (Å²) in [4.78, 5) is 0.410. The zero-order valence-electron chi connectivity index (χ0n) is 14.0. The summed E-state index contributed by atoms with van der Waals surface area (Å²) in [6, 6.07) is 7.20. The topological polar surface area (TPSA) is 37.4 Å². The van der Waals surface area contributed by atoms with Crippen molar-refractivity contribution in [2.75, 3.05) is 13.1 Å². The Morgan fingerprint density at radius 3 is 2.00 bits per heavy atom. The molecule has 4 heteroatoms. The van der Waals surface area contributed by atoms with Crippen LogP contribution >= 0.6 is 0 Å². The highest BCUT2D eigenvalue weighted by atomic mass is 32.2. The molecule has 0 radical (unpaired) electrons. The summed E-state index contributed by atoms with van der Waals surface area (Å²) in [6.07, 6.45) is 8.96. The van der Waals surface area contributed by atoms with Crippen molar-refractivity contribution in [2.24, 2.45) is 23.7 Å². The fourth-order valence-corrected chi connectivity index (χ4v) is 6.72. The third kappa shape index (κ3) is 2.09. The van der Waals surface area contributed by atoms with Crippen molar-refractivity contribution in [3.05, 3.63) is 53.1 Å². The average molecular weight is 341 g/mol. The predicted molar refractivity (Wildman–Crippen MR) is 93.9 cm³/mol. The van der Waals surface area contributed by atoms with Crippen LogP contribution in [0.4, 0.5) is 0 Å². The van der Waals surface area contributed by atoms with Gasteiger partial charge >= 0.3 is 0 Å². The Kier molecular flexibility index (Phi) is 3.14. The van der Waals surface area contributed by atoms with E-state index in [0.717, 1.165) is 17.4 Å². The van der Waals surface area contributed by atoms with Crippen LogP contribution in [0.25, 0.3) is 0 Å². The minimum absolute atomic E-state index is 0.410. The third-order valence-electron chi connectivity index (χ3n) is 6.60. The van der Waals surface area contributed by atoms with Gasteiger partial charge in [0.05, 0.1) is 4.90 Å². The summed E-state index contributed by atoms with van der Waals surface area (Å²) in [5, 5.41) is 0. The van der Waals surface area contributed by atoms with Crippen LogP contribution in [0.5, 0.6) is 0 Å². The molecule has 0 N–H and O–H groups in total. The monoisotopic (exact) mass is 341 g/mol. The molecule has 3 nitrogen and oxygen atoms in total. The molecule has 2 saturated carbocycles. The highest BCUT2D eigenvalue weighted by Crippen LogP contribution is 2.56. The number of allylic oxidation sites excluding steroid dienone is 2. The third-order valence-corrected chi connectivity index (χ3v) is 8.40. The molecule has 4 aliphatic rings. The van der Waals surface area contributed by atoms with E-state index >= 15 is 0 Å². The maximum absolute atomic E-state index is 12.9. The SMILES string of the molecule is Cc1ccc(S(=O)(=O)N2CC3=CC4C5CCC(C5)C4C=C3C2)cc1. The molecule has 0 aromatic heterocycles. The highest BCUT2D eigenvalue weighted by molar-refractivity contribution is 7.89. The van der Waals surface area contributed by atoms with E-state index in [1.807, 2.05) is 19.1 Å². The van der Waals surface area contributed by atoms with Gasteiger partial charge in [-0.1, -0.05) is 29.8 Å². The van der Waals surface area contributed by atoms with Crippen molar-refractivity contribution in [1.82, 2.24) is 4.31 Å². The van der Waals surface area contributed by atoms with Gasteiger partial charge < -0.3 is 0 Å². The average Bonchev–Trinajstić information content (AvgIpc) is 3.27. The molecule has 1 heterocycles. The minimum atomic E-state index is -3.40. The lowest BCUT2D eigenvalue weighted by Gasteiger charge is -2.30. The van der Waals surface area contributed by atoms with E-state index in [9.17, 15) is 8.42 Å². The van der Waals surface area contributed by atoms with Gasteiger partial charge in [-0.25, -0.2) is 8.42 Å². The summed E-state index contributed by atoms with van der Waals surface area (Å²) in [7, 11) is -3.40. The fourth-order valence-electron chi connectivity index (χ4n) is 5.33. The first kappa shape index (κ1) is 14.9. The summed E-state index contributed by atoms with van der Waals surface area (Å²) in [5.41, 5.74) is 3.61. The van der Waals surface area contributed by atoms with E-state index in [1.54, 1.807) is 16.4 Å². The zero-order valence-corrected chi connectivity index (χ0v) is 14.8. The molecule has 3 fully saturated rings. The number of hydrogen-bond donors (Lipinski definition) is 0. The Bertz CT molecular complexity index is 816. The quantitative estimate of drug-likeness (QED) is 0.825. The first-order chi connectivity index (χ1) is 11.5. The summed E-state index contributed by atoms with van der Waals surface area (Å²) < 4.78 is 27.5. The Labute approximate surface area is 144 Å². The van der Waals surface area contributed by atoms with Crippen molar-refractivity contribution < 1.29 is 8.42 Å². The molecule has 1 aromatic rings. The Morgan fingerprint density at radius 2 is 1.46 bits per heavy atom. The van der Waals surface area contributed by atoms with Gasteiger partial charge in [0.1, 0.15) is 0 Å². The Hall–Kier alpha value is -1.39. The number of hydrogen-bond acceptors (Lipinski definition) is 2. The fraction of sp³-hybridized carbons (Fsp3) is 0.500. The maximum atomic E-state index is 12.9. The largest absolute Gasteiger partial charge is 0.243 e. The molecule has 0 amide bonds. The Balaban J connectivity index is 1.45. The molecule has 4 atom stereocenters. The lowest BCUT2D eigenvalue weighted by Crippen LogP contribution is -2.28. The van der Waals surface area contributed by atoms with Crippen molar-refractivity contribution in [3.63, 3.8) is 0 Å². The van der Waals surface area contributed by atoms with Crippen LogP contribution in [0.15, 0.2) is 52.5 Å². The number of nitrogens with zero attached hydrogens (tertiary/aromatic N) is 1. The van der Waals surface area contributed by atoms with Gasteiger partial charge in [-0.2, -0.15) is 4.31 Å². The first-order valence-electron chi connectivity index (χ1n) is 9.01. The molecule has 24 heavy (non-hydrogen) atoms. The van der Waals surface area contributed by atoms with Crippen LogP contribution in [-0.4, -0.2) is 25.8 Å². The smallest absolute Gasteiger partial charge is 0.207 e. The Morgan fingerprint density at radius 1 is 0.917 bits per heavy atom. The van der Waals surface area contributed by atoms with E-state index < -0.39 is 10.0 Å². The summed E-state index contributed by atoms with van der Waals surface area (Å²) in [6.45, 7) is 3.06. The maximum Gasteiger partial charge on any atom is 0.243 e. The summed E-state index contributed by atoms with van der Waals surface area (Å²) in [5.74, 6) is 3.02. The van der Waals surface area contributed by atoms with Crippen LogP contribution in [0.3, 0.4) is 0 Å². The van der Waals surface area contributed by atoms with E-state index in [4.69, 9.17) is 0 Å². The van der Waals surface area contributed by atoms with Gasteiger partial charge in [0.2, 0.25) is 10.0 Å². The lowest BCUT2D eigenvalue weighted by molar-refractivity contribution is 0.312. The molecular formula is C20H23NO2S. The van der Waals surface area contributed by atoms with Crippen LogP contribution < -0.4 is 0 Å². The highest BCUT2D eigenvalue weighted by Gasteiger charge is 2.48. The van der Waals surface area contributed by atoms with Crippen LogP contribution in [0.2, 0.25) is 0 Å². The first-order valence-corrected chi connectivity index (χ1v) is 10.4.